The Morgan fingerprint density at radius 1 is 0.871 bits per heavy atom. The topological polar surface area (TPSA) is 29.1 Å². The van der Waals surface area contributed by atoms with Crippen LogP contribution < -0.4 is 5.32 Å². The molecule has 1 aliphatic rings. The Kier molecular flexibility index (Phi) is 6.66. The fourth-order valence-electron chi connectivity index (χ4n) is 3.53. The number of benzene rings is 2. The fraction of sp³-hybridized carbons (Fsp3) is 0.321. The average Bonchev–Trinajstić information content (AvgIpc) is 2.70. The van der Waals surface area contributed by atoms with E-state index >= 15 is 0 Å². The third-order valence-corrected chi connectivity index (χ3v) is 6.33. The van der Waals surface area contributed by atoms with Crippen molar-refractivity contribution >= 4 is 33.8 Å². The molecule has 0 atom stereocenters. The van der Waals surface area contributed by atoms with Crippen molar-refractivity contribution in [2.45, 2.75) is 47.0 Å². The van der Waals surface area contributed by atoms with E-state index in [1.165, 1.54) is 5.56 Å². The van der Waals surface area contributed by atoms with Gasteiger partial charge in [0.2, 0.25) is 0 Å². The number of anilines is 2. The fourth-order valence-corrected chi connectivity index (χ4v) is 4.32. The highest BCUT2D eigenvalue weighted by Gasteiger charge is 2.24. The zero-order valence-corrected chi connectivity index (χ0v) is 20.5. The van der Waals surface area contributed by atoms with Crippen LogP contribution in [0.5, 0.6) is 0 Å². The van der Waals surface area contributed by atoms with Crippen LogP contribution in [0, 0.1) is 5.41 Å². The first-order valence-electron chi connectivity index (χ1n) is 10.7. The Morgan fingerprint density at radius 2 is 1.55 bits per heavy atom. The van der Waals surface area contributed by atoms with Crippen molar-refractivity contribution in [3.8, 4) is 0 Å². The number of ketones is 1. The maximum Gasteiger partial charge on any atom is 0.187 e. The summed E-state index contributed by atoms with van der Waals surface area (Å²) >= 11 is 1.62. The molecule has 162 valence electrons. The van der Waals surface area contributed by atoms with Gasteiger partial charge in [0, 0.05) is 27.4 Å². The normalized spacial score (nSPS) is 16.2. The predicted octanol–water partition coefficient (Wildman–Crippen LogP) is 7.91. The summed E-state index contributed by atoms with van der Waals surface area (Å²) in [6.45, 7) is 13.0. The molecule has 3 heteroatoms. The van der Waals surface area contributed by atoms with Gasteiger partial charge in [-0.3, -0.25) is 4.79 Å². The molecule has 31 heavy (non-hydrogen) atoms. The number of nitrogens with one attached hydrogen (secondary N) is 1. The molecule has 2 aromatic carbocycles. The van der Waals surface area contributed by atoms with Gasteiger partial charge in [-0.15, -0.1) is 11.8 Å². The lowest BCUT2D eigenvalue weighted by atomic mass is 9.82. The Bertz CT molecular complexity index is 1060. The largest absolute Gasteiger partial charge is 0.355 e. The third-order valence-electron chi connectivity index (χ3n) is 5.48. The summed E-state index contributed by atoms with van der Waals surface area (Å²) in [4.78, 5) is 14.1. The van der Waals surface area contributed by atoms with Gasteiger partial charge >= 0.3 is 0 Å². The first-order chi connectivity index (χ1) is 14.5. The van der Waals surface area contributed by atoms with Gasteiger partial charge < -0.3 is 5.32 Å². The van der Waals surface area contributed by atoms with Gasteiger partial charge in [0.25, 0.3) is 0 Å². The molecule has 0 radical (unpaired) electrons. The summed E-state index contributed by atoms with van der Waals surface area (Å²) in [5.41, 5.74) is 6.13. The van der Waals surface area contributed by atoms with E-state index in [9.17, 15) is 4.79 Å². The first kappa shape index (κ1) is 23.1. The maximum absolute atomic E-state index is 13.1. The Labute approximate surface area is 191 Å². The van der Waals surface area contributed by atoms with Crippen molar-refractivity contribution < 1.29 is 4.79 Å². The number of carbonyl (C=O) groups is 1. The predicted molar refractivity (Wildman–Crippen MR) is 137 cm³/mol. The Balaban J connectivity index is 2.13. The number of carbonyl (C=O) groups excluding carboxylic acids is 1. The van der Waals surface area contributed by atoms with E-state index < -0.39 is 0 Å². The molecular weight excluding hydrogens is 398 g/mol. The van der Waals surface area contributed by atoms with Crippen molar-refractivity contribution in [1.82, 2.24) is 0 Å². The van der Waals surface area contributed by atoms with Crippen LogP contribution in [0.4, 0.5) is 11.4 Å². The lowest BCUT2D eigenvalue weighted by Crippen LogP contribution is -2.14. The van der Waals surface area contributed by atoms with Crippen LogP contribution in [0.25, 0.3) is 4.91 Å². The molecule has 0 saturated carbocycles. The van der Waals surface area contributed by atoms with Crippen LogP contribution in [0.2, 0.25) is 0 Å². The molecule has 3 rings (SSSR count). The molecule has 0 aromatic heterocycles. The van der Waals surface area contributed by atoms with E-state index in [4.69, 9.17) is 0 Å². The summed E-state index contributed by atoms with van der Waals surface area (Å²) in [5, 5.41) is 3.59. The van der Waals surface area contributed by atoms with E-state index in [0.717, 1.165) is 33.0 Å². The number of allylic oxidation sites excluding steroid dienone is 5. The molecule has 0 saturated heterocycles. The molecular formula is C28H33NOS. The molecule has 1 aliphatic carbocycles. The second kappa shape index (κ2) is 8.92. The SMILES string of the molecule is CS/C(=C1\C=CC(C(C)(C)C)=CC1=O)c1ccc(C(C)(C)C)cc1Nc1ccccc1. The van der Waals surface area contributed by atoms with E-state index in [2.05, 4.69) is 83.3 Å². The molecule has 2 nitrogen and oxygen atoms in total. The standard InChI is InChI=1S/C28H33NOS/c1-27(2,3)19-13-15-22(24(17-19)29-21-11-9-8-10-12-21)26(31-7)23-16-14-20(18-25(23)30)28(4,5)6/h8-18,29H,1-7H3/b26-23+. The zero-order chi connectivity index (χ0) is 22.8. The van der Waals surface area contributed by atoms with Crippen molar-refractivity contribution in [1.29, 1.82) is 0 Å². The van der Waals surface area contributed by atoms with Crippen LogP contribution in [-0.2, 0) is 10.2 Å². The second-order valence-corrected chi connectivity index (χ2v) is 10.8. The quantitative estimate of drug-likeness (QED) is 0.499. The van der Waals surface area contributed by atoms with Gasteiger partial charge in [0.1, 0.15) is 0 Å². The summed E-state index contributed by atoms with van der Waals surface area (Å²) in [7, 11) is 0. The van der Waals surface area contributed by atoms with Crippen molar-refractivity contribution in [2.75, 3.05) is 11.6 Å². The average molecular weight is 432 g/mol. The minimum atomic E-state index is -0.0500. The molecule has 0 bridgehead atoms. The number of hydrogen-bond acceptors (Lipinski definition) is 3. The summed E-state index contributed by atoms with van der Waals surface area (Å²) in [5.74, 6) is 0.0716. The van der Waals surface area contributed by atoms with Crippen molar-refractivity contribution in [3.05, 3.63) is 89.0 Å². The Morgan fingerprint density at radius 3 is 2.10 bits per heavy atom. The van der Waals surface area contributed by atoms with E-state index in [1.807, 2.05) is 30.5 Å². The van der Waals surface area contributed by atoms with E-state index in [-0.39, 0.29) is 16.6 Å². The van der Waals surface area contributed by atoms with Crippen LogP contribution in [0.15, 0.2) is 77.9 Å². The number of para-hydroxylation sites is 1. The molecule has 1 N–H and O–H groups in total. The summed E-state index contributed by atoms with van der Waals surface area (Å²) in [6, 6.07) is 16.7. The maximum atomic E-state index is 13.1. The number of thioether (sulfide) groups is 1. The monoisotopic (exact) mass is 431 g/mol. The summed E-state index contributed by atoms with van der Waals surface area (Å²) < 4.78 is 0. The first-order valence-corrected chi connectivity index (χ1v) is 11.9. The minimum Gasteiger partial charge on any atom is -0.355 e. The highest BCUT2D eigenvalue weighted by Crippen LogP contribution is 2.40. The minimum absolute atomic E-state index is 0.0310. The van der Waals surface area contributed by atoms with Crippen LogP contribution in [0.3, 0.4) is 0 Å². The number of rotatable bonds is 4. The van der Waals surface area contributed by atoms with E-state index in [1.54, 1.807) is 17.8 Å². The highest BCUT2D eigenvalue weighted by molar-refractivity contribution is 8.07. The molecule has 0 aliphatic heterocycles. The van der Waals surface area contributed by atoms with Crippen LogP contribution in [0.1, 0.15) is 52.7 Å². The van der Waals surface area contributed by atoms with Gasteiger partial charge in [-0.2, -0.15) is 0 Å². The summed E-state index contributed by atoms with van der Waals surface area (Å²) in [6.07, 6.45) is 7.90. The Hall–Kier alpha value is -2.52. The third kappa shape index (κ3) is 5.40. The van der Waals surface area contributed by atoms with Gasteiger partial charge in [0.15, 0.2) is 5.78 Å². The molecule has 0 spiro atoms. The van der Waals surface area contributed by atoms with Crippen molar-refractivity contribution in [2.24, 2.45) is 5.41 Å². The van der Waals surface area contributed by atoms with Gasteiger partial charge in [-0.05, 0) is 58.6 Å². The number of hydrogen-bond donors (Lipinski definition) is 1. The molecule has 0 amide bonds. The molecule has 2 aromatic rings. The van der Waals surface area contributed by atoms with Crippen LogP contribution in [-0.4, -0.2) is 12.0 Å². The van der Waals surface area contributed by atoms with E-state index in [0.29, 0.717) is 0 Å². The molecule has 0 unspecified atom stereocenters. The van der Waals surface area contributed by atoms with Crippen LogP contribution >= 0.6 is 11.8 Å². The highest BCUT2D eigenvalue weighted by atomic mass is 32.2. The lowest BCUT2D eigenvalue weighted by Gasteiger charge is -2.25. The van der Waals surface area contributed by atoms with Gasteiger partial charge in [-0.1, -0.05) is 78.0 Å². The lowest BCUT2D eigenvalue weighted by molar-refractivity contribution is -0.111. The van der Waals surface area contributed by atoms with Gasteiger partial charge in [0.05, 0.1) is 0 Å². The molecule has 0 fully saturated rings. The molecule has 0 heterocycles. The van der Waals surface area contributed by atoms with Gasteiger partial charge in [-0.25, -0.2) is 0 Å². The van der Waals surface area contributed by atoms with Crippen molar-refractivity contribution in [3.63, 3.8) is 0 Å². The smallest absolute Gasteiger partial charge is 0.187 e. The second-order valence-electron chi connectivity index (χ2n) is 10.00. The zero-order valence-electron chi connectivity index (χ0n) is 19.7.